The first-order chi connectivity index (χ1) is 14.0. The van der Waals surface area contributed by atoms with Crippen LogP contribution in [-0.2, 0) is 16.0 Å². The van der Waals surface area contributed by atoms with Crippen molar-refractivity contribution in [1.29, 1.82) is 0 Å². The number of hydrogen-bond acceptors (Lipinski definition) is 5. The van der Waals surface area contributed by atoms with Gasteiger partial charge in [-0.25, -0.2) is 4.79 Å². The molecule has 0 aliphatic carbocycles. The van der Waals surface area contributed by atoms with Gasteiger partial charge in [0.15, 0.2) is 5.78 Å². The van der Waals surface area contributed by atoms with Gasteiger partial charge in [0.05, 0.1) is 29.3 Å². The van der Waals surface area contributed by atoms with Gasteiger partial charge in [-0.15, -0.1) is 0 Å². The zero-order valence-corrected chi connectivity index (χ0v) is 16.5. The van der Waals surface area contributed by atoms with E-state index in [2.05, 4.69) is 0 Å². The number of hydrogen-bond donors (Lipinski definition) is 0. The van der Waals surface area contributed by atoms with Crippen LogP contribution in [0.3, 0.4) is 0 Å². The summed E-state index contributed by atoms with van der Waals surface area (Å²) in [4.78, 5) is 51.7. The minimum atomic E-state index is -0.835. The van der Waals surface area contributed by atoms with E-state index in [9.17, 15) is 19.2 Å². The molecule has 0 saturated carbocycles. The average Bonchev–Trinajstić information content (AvgIpc) is 2.97. The summed E-state index contributed by atoms with van der Waals surface area (Å²) in [6.07, 6.45) is 1.06. The fraction of sp³-hybridized carbons (Fsp3) is 0.304. The van der Waals surface area contributed by atoms with Gasteiger partial charge in [0.1, 0.15) is 0 Å². The molecule has 0 fully saturated rings. The lowest BCUT2D eigenvalue weighted by Gasteiger charge is -2.25. The Balaban J connectivity index is 1.83. The van der Waals surface area contributed by atoms with Crippen LogP contribution in [0.25, 0.3) is 0 Å². The summed E-state index contributed by atoms with van der Waals surface area (Å²) in [5.74, 6) is -1.55. The highest BCUT2D eigenvalue weighted by atomic mass is 16.5. The molecule has 2 aromatic rings. The van der Waals surface area contributed by atoms with E-state index in [4.69, 9.17) is 4.74 Å². The number of amides is 2. The predicted octanol–water partition coefficient (Wildman–Crippen LogP) is 3.44. The van der Waals surface area contributed by atoms with Crippen LogP contribution in [0.2, 0.25) is 0 Å². The summed E-state index contributed by atoms with van der Waals surface area (Å²) in [6.45, 7) is 3.89. The molecule has 1 heterocycles. The molecule has 0 saturated heterocycles. The number of rotatable bonds is 8. The highest BCUT2D eigenvalue weighted by molar-refractivity contribution is 6.23. The first kappa shape index (κ1) is 20.5. The Bertz CT molecular complexity index is 930. The summed E-state index contributed by atoms with van der Waals surface area (Å²) in [6, 6.07) is 12.4. The SMILES string of the molecule is CCCC(C(=O)Cc1cccc(C(=O)OCC)c1)N1C(=O)c2ccccc2C1=O. The first-order valence-corrected chi connectivity index (χ1v) is 9.73. The number of carbonyl (C=O) groups excluding carboxylic acids is 4. The minimum absolute atomic E-state index is 0.0192. The Hall–Kier alpha value is -3.28. The molecule has 0 bridgehead atoms. The van der Waals surface area contributed by atoms with Crippen molar-refractivity contribution in [2.75, 3.05) is 6.61 Å². The number of ether oxygens (including phenoxy) is 1. The van der Waals surface area contributed by atoms with Gasteiger partial charge in [0, 0.05) is 6.42 Å². The van der Waals surface area contributed by atoms with Gasteiger partial charge < -0.3 is 4.74 Å². The predicted molar refractivity (Wildman–Crippen MR) is 107 cm³/mol. The van der Waals surface area contributed by atoms with Crippen LogP contribution in [0, 0.1) is 0 Å². The zero-order chi connectivity index (χ0) is 21.0. The largest absolute Gasteiger partial charge is 0.462 e. The first-order valence-electron chi connectivity index (χ1n) is 9.73. The second-order valence-electron chi connectivity index (χ2n) is 6.89. The zero-order valence-electron chi connectivity index (χ0n) is 16.5. The van der Waals surface area contributed by atoms with Crippen molar-refractivity contribution >= 4 is 23.6 Å². The molecule has 6 nitrogen and oxygen atoms in total. The number of esters is 1. The molecule has 0 spiro atoms. The maximum atomic E-state index is 13.1. The molecule has 3 rings (SSSR count). The van der Waals surface area contributed by atoms with E-state index in [1.54, 1.807) is 55.5 Å². The van der Waals surface area contributed by atoms with Gasteiger partial charge in [-0.3, -0.25) is 19.3 Å². The molecule has 2 amide bonds. The Morgan fingerprint density at radius 2 is 1.62 bits per heavy atom. The topological polar surface area (TPSA) is 80.8 Å². The molecule has 0 radical (unpaired) electrons. The third-order valence-electron chi connectivity index (χ3n) is 4.89. The van der Waals surface area contributed by atoms with Crippen molar-refractivity contribution in [3.63, 3.8) is 0 Å². The van der Waals surface area contributed by atoms with Gasteiger partial charge in [-0.05, 0) is 43.2 Å². The third-order valence-corrected chi connectivity index (χ3v) is 4.89. The molecular formula is C23H23NO5. The number of ketones is 1. The molecule has 1 aliphatic heterocycles. The molecular weight excluding hydrogens is 370 g/mol. The van der Waals surface area contributed by atoms with Gasteiger partial charge in [-0.2, -0.15) is 0 Å². The third kappa shape index (κ3) is 4.11. The van der Waals surface area contributed by atoms with Gasteiger partial charge in [0.2, 0.25) is 0 Å². The van der Waals surface area contributed by atoms with Crippen LogP contribution >= 0.6 is 0 Å². The highest BCUT2D eigenvalue weighted by Gasteiger charge is 2.41. The summed E-state index contributed by atoms with van der Waals surface area (Å²) in [5, 5.41) is 0. The van der Waals surface area contributed by atoms with E-state index in [-0.39, 0.29) is 18.8 Å². The fourth-order valence-electron chi connectivity index (χ4n) is 3.54. The number of benzene rings is 2. The monoisotopic (exact) mass is 393 g/mol. The lowest BCUT2D eigenvalue weighted by atomic mass is 9.98. The molecule has 1 aliphatic rings. The van der Waals surface area contributed by atoms with E-state index in [1.807, 2.05) is 6.92 Å². The molecule has 29 heavy (non-hydrogen) atoms. The quantitative estimate of drug-likeness (QED) is 0.507. The Labute approximate surface area is 169 Å². The number of Topliss-reactive ketones (excluding diaryl/α,β-unsaturated/α-hetero) is 1. The normalized spacial score (nSPS) is 13.9. The van der Waals surface area contributed by atoms with Gasteiger partial charge >= 0.3 is 5.97 Å². The number of imide groups is 1. The number of nitrogens with zero attached hydrogens (tertiary/aromatic N) is 1. The van der Waals surface area contributed by atoms with E-state index in [0.29, 0.717) is 35.1 Å². The van der Waals surface area contributed by atoms with Gasteiger partial charge in [0.25, 0.3) is 11.8 Å². The fourth-order valence-corrected chi connectivity index (χ4v) is 3.54. The van der Waals surface area contributed by atoms with Crippen LogP contribution < -0.4 is 0 Å². The van der Waals surface area contributed by atoms with Crippen LogP contribution in [0.15, 0.2) is 48.5 Å². The molecule has 150 valence electrons. The minimum Gasteiger partial charge on any atom is -0.462 e. The molecule has 1 unspecified atom stereocenters. The molecule has 2 aromatic carbocycles. The molecule has 1 atom stereocenters. The molecule has 6 heteroatoms. The summed E-state index contributed by atoms with van der Waals surface area (Å²) in [7, 11) is 0. The van der Waals surface area contributed by atoms with Crippen molar-refractivity contribution in [2.45, 2.75) is 39.2 Å². The van der Waals surface area contributed by atoms with E-state index < -0.39 is 23.8 Å². The summed E-state index contributed by atoms with van der Waals surface area (Å²) >= 11 is 0. The lowest BCUT2D eigenvalue weighted by Crippen LogP contribution is -2.45. The Morgan fingerprint density at radius 1 is 0.966 bits per heavy atom. The van der Waals surface area contributed by atoms with Crippen molar-refractivity contribution < 1.29 is 23.9 Å². The smallest absolute Gasteiger partial charge is 0.338 e. The van der Waals surface area contributed by atoms with E-state index in [1.165, 1.54) is 0 Å². The highest BCUT2D eigenvalue weighted by Crippen LogP contribution is 2.27. The van der Waals surface area contributed by atoms with Crippen molar-refractivity contribution in [1.82, 2.24) is 4.90 Å². The van der Waals surface area contributed by atoms with Crippen molar-refractivity contribution in [3.05, 3.63) is 70.8 Å². The Morgan fingerprint density at radius 3 is 2.21 bits per heavy atom. The number of fused-ring (bicyclic) bond motifs is 1. The van der Waals surface area contributed by atoms with Crippen LogP contribution in [0.1, 0.15) is 63.3 Å². The molecule has 0 N–H and O–H groups in total. The molecule has 0 aromatic heterocycles. The maximum absolute atomic E-state index is 13.1. The number of carbonyl (C=O) groups is 4. The second-order valence-corrected chi connectivity index (χ2v) is 6.89. The second kappa shape index (κ2) is 8.82. The van der Waals surface area contributed by atoms with Crippen LogP contribution in [0.5, 0.6) is 0 Å². The average molecular weight is 393 g/mol. The van der Waals surface area contributed by atoms with E-state index in [0.717, 1.165) is 4.90 Å². The van der Waals surface area contributed by atoms with Crippen LogP contribution in [-0.4, -0.2) is 41.1 Å². The van der Waals surface area contributed by atoms with Crippen molar-refractivity contribution in [2.24, 2.45) is 0 Å². The summed E-state index contributed by atoms with van der Waals surface area (Å²) in [5.41, 5.74) is 1.66. The summed E-state index contributed by atoms with van der Waals surface area (Å²) < 4.78 is 5.00. The van der Waals surface area contributed by atoms with Crippen molar-refractivity contribution in [3.8, 4) is 0 Å². The standard InChI is InChI=1S/C23H23NO5/c1-3-8-19(24-21(26)17-11-5-6-12-18(17)22(24)27)20(25)14-15-9-7-10-16(13-15)23(28)29-4-2/h5-7,9-13,19H,3-4,8,14H2,1-2H3. The maximum Gasteiger partial charge on any atom is 0.338 e. The lowest BCUT2D eigenvalue weighted by molar-refractivity contribution is -0.122. The van der Waals surface area contributed by atoms with Gasteiger partial charge in [-0.1, -0.05) is 37.6 Å². The van der Waals surface area contributed by atoms with E-state index >= 15 is 0 Å². The van der Waals surface area contributed by atoms with Crippen LogP contribution in [0.4, 0.5) is 0 Å². The Kier molecular flexibility index (Phi) is 6.22.